The molecule has 30 heavy (non-hydrogen) atoms. The maximum absolute atomic E-state index is 12.9. The zero-order valence-corrected chi connectivity index (χ0v) is 18.0. The first-order chi connectivity index (χ1) is 14.7. The number of rotatable bonds is 8. The van der Waals surface area contributed by atoms with Gasteiger partial charge in [0.1, 0.15) is 4.88 Å². The summed E-state index contributed by atoms with van der Waals surface area (Å²) in [5, 5.41) is 7.28. The van der Waals surface area contributed by atoms with Crippen LogP contribution in [0.15, 0.2) is 60.7 Å². The quantitative estimate of drug-likeness (QED) is 0.541. The molecule has 0 bridgehead atoms. The summed E-state index contributed by atoms with van der Waals surface area (Å²) in [4.78, 5) is 18.1. The average Bonchev–Trinajstić information content (AvgIpc) is 3.38. The third kappa shape index (κ3) is 5.26. The number of thiazole rings is 1. The van der Waals surface area contributed by atoms with Gasteiger partial charge < -0.3 is 15.4 Å². The summed E-state index contributed by atoms with van der Waals surface area (Å²) in [6, 6.07) is 20.4. The molecule has 1 aliphatic carbocycles. The third-order valence-electron chi connectivity index (χ3n) is 5.37. The Hall–Kier alpha value is -2.70. The fourth-order valence-electron chi connectivity index (χ4n) is 3.76. The molecule has 0 aliphatic heterocycles. The molecule has 1 amide bonds. The summed E-state index contributed by atoms with van der Waals surface area (Å²) in [6.07, 6.45) is 3.04. The Morgan fingerprint density at radius 3 is 2.50 bits per heavy atom. The highest BCUT2D eigenvalue weighted by molar-refractivity contribution is 7.17. The Kier molecular flexibility index (Phi) is 6.77. The number of ether oxygens (including phenoxy) is 1. The van der Waals surface area contributed by atoms with E-state index in [0.717, 1.165) is 35.7 Å². The molecule has 2 atom stereocenters. The lowest BCUT2D eigenvalue weighted by molar-refractivity contribution is 0.0272. The Bertz CT molecular complexity index is 959. The zero-order chi connectivity index (χ0) is 20.8. The van der Waals surface area contributed by atoms with Gasteiger partial charge in [0, 0.05) is 6.54 Å². The number of aromatic nitrogens is 1. The highest BCUT2D eigenvalue weighted by Gasteiger charge is 2.30. The van der Waals surface area contributed by atoms with E-state index >= 15 is 0 Å². The number of carbonyl (C=O) groups is 1. The van der Waals surface area contributed by atoms with Crippen LogP contribution in [0.25, 0.3) is 0 Å². The van der Waals surface area contributed by atoms with Crippen LogP contribution in [-0.2, 0) is 17.9 Å². The van der Waals surface area contributed by atoms with Gasteiger partial charge in [-0.25, -0.2) is 4.98 Å². The van der Waals surface area contributed by atoms with Crippen molar-refractivity contribution in [3.63, 3.8) is 0 Å². The second kappa shape index (κ2) is 9.87. The van der Waals surface area contributed by atoms with Gasteiger partial charge in [-0.15, -0.1) is 0 Å². The Balaban J connectivity index is 1.33. The molecule has 0 radical (unpaired) electrons. The van der Waals surface area contributed by atoms with E-state index in [4.69, 9.17) is 4.74 Å². The number of hydrogen-bond donors (Lipinski definition) is 2. The molecule has 3 aromatic rings. The highest BCUT2D eigenvalue weighted by atomic mass is 32.1. The van der Waals surface area contributed by atoms with Crippen molar-refractivity contribution >= 4 is 22.4 Å². The average molecular weight is 422 g/mol. The molecule has 0 unspecified atom stereocenters. The number of nitrogens with zero attached hydrogens (tertiary/aromatic N) is 1. The molecule has 1 saturated carbocycles. The molecule has 2 N–H and O–H groups in total. The molecule has 1 fully saturated rings. The van der Waals surface area contributed by atoms with Gasteiger partial charge in [-0.05, 0) is 37.3 Å². The van der Waals surface area contributed by atoms with Gasteiger partial charge in [-0.3, -0.25) is 4.79 Å². The minimum Gasteiger partial charge on any atom is -0.371 e. The number of aryl methyl sites for hydroxylation is 1. The van der Waals surface area contributed by atoms with Crippen molar-refractivity contribution in [2.75, 3.05) is 5.32 Å². The van der Waals surface area contributed by atoms with Crippen LogP contribution in [0.4, 0.5) is 5.13 Å². The normalized spacial score (nSPS) is 18.3. The minimum absolute atomic E-state index is 0.0449. The first kappa shape index (κ1) is 20.6. The summed E-state index contributed by atoms with van der Waals surface area (Å²) in [5.74, 6) is -0.0574. The van der Waals surface area contributed by atoms with Crippen molar-refractivity contribution in [1.82, 2.24) is 10.3 Å². The van der Waals surface area contributed by atoms with Gasteiger partial charge in [-0.2, -0.15) is 0 Å². The van der Waals surface area contributed by atoms with Crippen LogP contribution in [0, 0.1) is 6.92 Å². The molecule has 1 heterocycles. The Morgan fingerprint density at radius 1 is 1.07 bits per heavy atom. The molecule has 6 heteroatoms. The van der Waals surface area contributed by atoms with Crippen LogP contribution in [0.3, 0.4) is 0 Å². The predicted molar refractivity (Wildman–Crippen MR) is 121 cm³/mol. The van der Waals surface area contributed by atoms with E-state index in [1.54, 1.807) is 0 Å². The predicted octanol–water partition coefficient (Wildman–Crippen LogP) is 4.93. The second-order valence-electron chi connectivity index (χ2n) is 7.62. The van der Waals surface area contributed by atoms with E-state index in [2.05, 4.69) is 39.9 Å². The fourth-order valence-corrected chi connectivity index (χ4v) is 4.62. The number of nitrogens with one attached hydrogen (secondary N) is 2. The van der Waals surface area contributed by atoms with Crippen LogP contribution in [0.5, 0.6) is 0 Å². The molecule has 5 nitrogen and oxygen atoms in total. The number of benzene rings is 2. The Morgan fingerprint density at radius 2 is 1.77 bits per heavy atom. The molecular formula is C24H27N3O2S. The lowest BCUT2D eigenvalue weighted by atomic mass is 10.2. The molecular weight excluding hydrogens is 394 g/mol. The van der Waals surface area contributed by atoms with Gasteiger partial charge in [0.2, 0.25) is 0 Å². The summed E-state index contributed by atoms with van der Waals surface area (Å²) in [5.41, 5.74) is 3.09. The van der Waals surface area contributed by atoms with Crippen LogP contribution in [-0.4, -0.2) is 23.0 Å². The van der Waals surface area contributed by atoms with Crippen LogP contribution in [0.1, 0.15) is 45.8 Å². The number of hydrogen-bond acceptors (Lipinski definition) is 5. The third-order valence-corrected chi connectivity index (χ3v) is 6.48. The van der Waals surface area contributed by atoms with Gasteiger partial charge in [0.05, 0.1) is 24.4 Å². The van der Waals surface area contributed by atoms with Gasteiger partial charge >= 0.3 is 0 Å². The smallest absolute Gasteiger partial charge is 0.263 e. The number of amides is 1. The molecule has 0 saturated heterocycles. The summed E-state index contributed by atoms with van der Waals surface area (Å²) in [7, 11) is 0. The minimum atomic E-state index is -0.0574. The molecule has 4 rings (SSSR count). The topological polar surface area (TPSA) is 63.2 Å². The first-order valence-electron chi connectivity index (χ1n) is 10.4. The van der Waals surface area contributed by atoms with Crippen molar-refractivity contribution in [3.05, 3.63) is 82.4 Å². The Labute approximate surface area is 181 Å². The van der Waals surface area contributed by atoms with E-state index in [-0.39, 0.29) is 18.1 Å². The number of anilines is 1. The summed E-state index contributed by atoms with van der Waals surface area (Å²) < 4.78 is 6.12. The van der Waals surface area contributed by atoms with Crippen molar-refractivity contribution in [2.24, 2.45) is 0 Å². The standard InChI is InChI=1S/C24H27N3O2S/c1-17-22(30-24(26-17)25-15-18-9-4-2-5-10-18)23(28)27-20-13-8-14-21(20)29-16-19-11-6-3-7-12-19/h2-7,9-12,20-21H,8,13-16H2,1H3,(H,25,26)(H,27,28)/t20-,21-/m0/s1. The lowest BCUT2D eigenvalue weighted by Gasteiger charge is -2.21. The molecule has 0 spiro atoms. The summed E-state index contributed by atoms with van der Waals surface area (Å²) in [6.45, 7) is 3.15. The number of carbonyl (C=O) groups excluding carboxylic acids is 1. The largest absolute Gasteiger partial charge is 0.371 e. The van der Waals surface area contributed by atoms with Crippen molar-refractivity contribution < 1.29 is 9.53 Å². The second-order valence-corrected chi connectivity index (χ2v) is 8.62. The van der Waals surface area contributed by atoms with E-state index in [1.807, 2.05) is 43.3 Å². The maximum atomic E-state index is 12.9. The molecule has 1 aromatic heterocycles. The fraction of sp³-hybridized carbons (Fsp3) is 0.333. The van der Waals surface area contributed by atoms with Crippen LogP contribution in [0.2, 0.25) is 0 Å². The first-order valence-corrected chi connectivity index (χ1v) is 11.2. The van der Waals surface area contributed by atoms with Crippen molar-refractivity contribution in [1.29, 1.82) is 0 Å². The summed E-state index contributed by atoms with van der Waals surface area (Å²) >= 11 is 1.41. The maximum Gasteiger partial charge on any atom is 0.263 e. The van der Waals surface area contributed by atoms with Gasteiger partial charge in [0.25, 0.3) is 5.91 Å². The van der Waals surface area contributed by atoms with Crippen molar-refractivity contribution in [3.8, 4) is 0 Å². The van der Waals surface area contributed by atoms with Crippen molar-refractivity contribution in [2.45, 2.75) is 51.5 Å². The van der Waals surface area contributed by atoms with E-state index in [9.17, 15) is 4.79 Å². The van der Waals surface area contributed by atoms with E-state index in [0.29, 0.717) is 18.0 Å². The van der Waals surface area contributed by atoms with Gasteiger partial charge in [0.15, 0.2) is 5.13 Å². The zero-order valence-electron chi connectivity index (χ0n) is 17.1. The van der Waals surface area contributed by atoms with Crippen LogP contribution < -0.4 is 10.6 Å². The lowest BCUT2D eigenvalue weighted by Crippen LogP contribution is -2.41. The van der Waals surface area contributed by atoms with E-state index in [1.165, 1.54) is 16.9 Å². The molecule has 156 valence electrons. The SMILES string of the molecule is Cc1nc(NCc2ccccc2)sc1C(=O)N[C@H]1CCC[C@@H]1OCc1ccccc1. The molecule has 2 aromatic carbocycles. The van der Waals surface area contributed by atoms with E-state index < -0.39 is 0 Å². The van der Waals surface area contributed by atoms with Gasteiger partial charge in [-0.1, -0.05) is 72.0 Å². The van der Waals surface area contributed by atoms with Crippen LogP contribution >= 0.6 is 11.3 Å². The molecule has 1 aliphatic rings. The monoisotopic (exact) mass is 421 g/mol. The highest BCUT2D eigenvalue weighted by Crippen LogP contribution is 2.26.